The zero-order valence-corrected chi connectivity index (χ0v) is 11.2. The molecule has 1 amide bonds. The molecule has 2 aromatic rings. The number of hydrogen-bond acceptors (Lipinski definition) is 4. The minimum absolute atomic E-state index is 0.395. The first kappa shape index (κ1) is 12.5. The summed E-state index contributed by atoms with van der Waals surface area (Å²) in [5.41, 5.74) is 1.23. The van der Waals surface area contributed by atoms with Gasteiger partial charge in [-0.15, -0.1) is 0 Å². The van der Waals surface area contributed by atoms with Crippen molar-refractivity contribution in [1.29, 1.82) is 0 Å². The number of nitrogens with zero attached hydrogens (tertiary/aromatic N) is 1. The minimum atomic E-state index is -1.08. The van der Waals surface area contributed by atoms with Gasteiger partial charge in [0.1, 0.15) is 5.03 Å². The second-order valence-electron chi connectivity index (χ2n) is 4.03. The molecule has 3 rings (SSSR count). The molecule has 1 aliphatic rings. The molecule has 1 aromatic heterocycles. The first-order valence-electron chi connectivity index (χ1n) is 5.56. The van der Waals surface area contributed by atoms with Crippen LogP contribution in [0.1, 0.15) is 11.7 Å². The molecule has 0 aliphatic carbocycles. The summed E-state index contributed by atoms with van der Waals surface area (Å²) in [7, 11) is 0. The van der Waals surface area contributed by atoms with E-state index in [1.54, 1.807) is 30.5 Å². The van der Waals surface area contributed by atoms with Crippen molar-refractivity contribution in [3.05, 3.63) is 47.1 Å². The Bertz CT molecular complexity index is 663. The van der Waals surface area contributed by atoms with E-state index in [1.807, 2.05) is 6.07 Å². The van der Waals surface area contributed by atoms with Gasteiger partial charge in [0.2, 0.25) is 0 Å². The van der Waals surface area contributed by atoms with Crippen LogP contribution < -0.4 is 5.32 Å². The molecule has 4 nitrogen and oxygen atoms in total. The van der Waals surface area contributed by atoms with Gasteiger partial charge in [-0.3, -0.25) is 4.79 Å². The van der Waals surface area contributed by atoms with Gasteiger partial charge in [-0.25, -0.2) is 4.98 Å². The number of hydrogen-bond donors (Lipinski definition) is 2. The average molecular weight is 293 g/mol. The molecule has 0 fully saturated rings. The summed E-state index contributed by atoms with van der Waals surface area (Å²) in [6.45, 7) is 0. The molecule has 1 aromatic carbocycles. The van der Waals surface area contributed by atoms with Gasteiger partial charge in [-0.05, 0) is 24.3 Å². The van der Waals surface area contributed by atoms with Crippen LogP contribution in [0.25, 0.3) is 0 Å². The van der Waals surface area contributed by atoms with Gasteiger partial charge in [0.15, 0.2) is 6.10 Å². The molecule has 96 valence electrons. The second-order valence-corrected chi connectivity index (χ2v) is 5.50. The standard InChI is InChI=1S/C13H9ClN2O2S/c14-9-2-1-5-15-13(9)19-7-3-4-8-10(6-7)16-12(18)11(8)17/h1-6,11,17H,(H,16,18). The van der Waals surface area contributed by atoms with Gasteiger partial charge in [0.25, 0.3) is 5.91 Å². The Hall–Kier alpha value is -1.56. The highest BCUT2D eigenvalue weighted by atomic mass is 35.5. The van der Waals surface area contributed by atoms with E-state index in [0.29, 0.717) is 21.3 Å². The third-order valence-electron chi connectivity index (χ3n) is 2.76. The zero-order chi connectivity index (χ0) is 13.4. The topological polar surface area (TPSA) is 62.2 Å². The van der Waals surface area contributed by atoms with Crippen molar-refractivity contribution in [3.63, 3.8) is 0 Å². The van der Waals surface area contributed by atoms with Crippen LogP contribution in [0, 0.1) is 0 Å². The van der Waals surface area contributed by atoms with Crippen LogP contribution in [0.5, 0.6) is 0 Å². The van der Waals surface area contributed by atoms with Crippen molar-refractivity contribution in [2.75, 3.05) is 5.32 Å². The fourth-order valence-corrected chi connectivity index (χ4v) is 2.90. The highest BCUT2D eigenvalue weighted by molar-refractivity contribution is 7.99. The lowest BCUT2D eigenvalue weighted by Crippen LogP contribution is -2.10. The Kier molecular flexibility index (Phi) is 3.18. The van der Waals surface area contributed by atoms with E-state index in [-0.39, 0.29) is 0 Å². The van der Waals surface area contributed by atoms with Crippen molar-refractivity contribution >= 4 is 35.0 Å². The van der Waals surface area contributed by atoms with E-state index in [4.69, 9.17) is 11.6 Å². The number of amides is 1. The third-order valence-corrected chi connectivity index (χ3v) is 4.19. The third kappa shape index (κ3) is 2.32. The van der Waals surface area contributed by atoms with E-state index in [2.05, 4.69) is 10.3 Å². The Balaban J connectivity index is 1.91. The monoisotopic (exact) mass is 292 g/mol. The minimum Gasteiger partial charge on any atom is -0.378 e. The lowest BCUT2D eigenvalue weighted by molar-refractivity contribution is -0.123. The van der Waals surface area contributed by atoms with E-state index >= 15 is 0 Å². The van der Waals surface area contributed by atoms with E-state index in [9.17, 15) is 9.90 Å². The van der Waals surface area contributed by atoms with Crippen molar-refractivity contribution < 1.29 is 9.90 Å². The van der Waals surface area contributed by atoms with Crippen LogP contribution in [-0.4, -0.2) is 16.0 Å². The van der Waals surface area contributed by atoms with Crippen LogP contribution in [0.15, 0.2) is 46.5 Å². The zero-order valence-electron chi connectivity index (χ0n) is 9.63. The smallest absolute Gasteiger partial charge is 0.257 e. The SMILES string of the molecule is O=C1Nc2cc(Sc3ncccc3Cl)ccc2C1O. The predicted molar refractivity (Wildman–Crippen MR) is 73.4 cm³/mol. The largest absolute Gasteiger partial charge is 0.378 e. The van der Waals surface area contributed by atoms with Crippen molar-refractivity contribution in [1.82, 2.24) is 4.98 Å². The highest BCUT2D eigenvalue weighted by Crippen LogP contribution is 2.37. The molecular weight excluding hydrogens is 284 g/mol. The summed E-state index contributed by atoms with van der Waals surface area (Å²) < 4.78 is 0. The van der Waals surface area contributed by atoms with E-state index in [0.717, 1.165) is 4.90 Å². The Morgan fingerprint density at radius 2 is 2.21 bits per heavy atom. The number of carbonyl (C=O) groups excluding carboxylic acids is 1. The van der Waals surface area contributed by atoms with Crippen molar-refractivity contribution in [3.8, 4) is 0 Å². The number of pyridine rings is 1. The van der Waals surface area contributed by atoms with Gasteiger partial charge in [-0.2, -0.15) is 0 Å². The van der Waals surface area contributed by atoms with Gasteiger partial charge in [0, 0.05) is 22.3 Å². The quantitative estimate of drug-likeness (QED) is 0.893. The molecule has 2 heterocycles. The molecule has 6 heteroatoms. The number of halogens is 1. The van der Waals surface area contributed by atoms with Crippen LogP contribution in [0.2, 0.25) is 5.02 Å². The molecule has 2 N–H and O–H groups in total. The van der Waals surface area contributed by atoms with Crippen LogP contribution in [-0.2, 0) is 4.79 Å². The lowest BCUT2D eigenvalue weighted by Gasteiger charge is -2.05. The van der Waals surface area contributed by atoms with Crippen molar-refractivity contribution in [2.45, 2.75) is 16.0 Å². The molecule has 0 saturated carbocycles. The number of benzene rings is 1. The number of anilines is 1. The van der Waals surface area contributed by atoms with Crippen molar-refractivity contribution in [2.24, 2.45) is 0 Å². The number of rotatable bonds is 2. The highest BCUT2D eigenvalue weighted by Gasteiger charge is 2.28. The van der Waals surface area contributed by atoms with Crippen LogP contribution in [0.3, 0.4) is 0 Å². The lowest BCUT2D eigenvalue weighted by atomic mass is 10.1. The summed E-state index contributed by atoms with van der Waals surface area (Å²) in [5.74, 6) is -0.395. The molecule has 0 saturated heterocycles. The first-order chi connectivity index (χ1) is 9.15. The van der Waals surface area contributed by atoms with Gasteiger partial charge in [-0.1, -0.05) is 29.4 Å². The molecule has 1 atom stereocenters. The van der Waals surface area contributed by atoms with Gasteiger partial charge in [0.05, 0.1) is 5.02 Å². The number of aliphatic hydroxyl groups is 1. The maximum atomic E-state index is 11.4. The summed E-state index contributed by atoms with van der Waals surface area (Å²) in [5, 5.41) is 13.5. The maximum Gasteiger partial charge on any atom is 0.257 e. The number of aromatic nitrogens is 1. The number of nitrogens with one attached hydrogen (secondary N) is 1. The predicted octanol–water partition coefficient (Wildman–Crippen LogP) is 2.87. The van der Waals surface area contributed by atoms with Gasteiger partial charge >= 0.3 is 0 Å². The van der Waals surface area contributed by atoms with Gasteiger partial charge < -0.3 is 10.4 Å². The second kappa shape index (κ2) is 4.85. The normalized spacial score (nSPS) is 17.2. The molecule has 1 aliphatic heterocycles. The number of fused-ring (bicyclic) bond motifs is 1. The maximum absolute atomic E-state index is 11.4. The summed E-state index contributed by atoms with van der Waals surface area (Å²) in [6.07, 6.45) is 0.597. The molecule has 0 bridgehead atoms. The fraction of sp³-hybridized carbons (Fsp3) is 0.0769. The van der Waals surface area contributed by atoms with Crippen LogP contribution in [0.4, 0.5) is 5.69 Å². The Labute approximate surface area is 118 Å². The van der Waals surface area contributed by atoms with E-state index in [1.165, 1.54) is 11.8 Å². The molecule has 0 radical (unpaired) electrons. The summed E-state index contributed by atoms with van der Waals surface area (Å²) in [6, 6.07) is 8.91. The Morgan fingerprint density at radius 1 is 1.37 bits per heavy atom. The van der Waals surface area contributed by atoms with E-state index < -0.39 is 12.0 Å². The number of aliphatic hydroxyl groups excluding tert-OH is 1. The average Bonchev–Trinajstić information content (AvgIpc) is 2.68. The Morgan fingerprint density at radius 3 is 3.00 bits per heavy atom. The molecule has 0 spiro atoms. The fourth-order valence-electron chi connectivity index (χ4n) is 1.85. The number of carbonyl (C=O) groups is 1. The molecule has 19 heavy (non-hydrogen) atoms. The van der Waals surface area contributed by atoms with Crippen LogP contribution >= 0.6 is 23.4 Å². The first-order valence-corrected chi connectivity index (χ1v) is 6.76. The summed E-state index contributed by atoms with van der Waals surface area (Å²) in [4.78, 5) is 16.4. The molecule has 1 unspecified atom stereocenters. The summed E-state index contributed by atoms with van der Waals surface area (Å²) >= 11 is 7.45. The molecular formula is C13H9ClN2O2S.